The monoisotopic (exact) mass is 224 g/mol. The van der Waals surface area contributed by atoms with Crippen molar-refractivity contribution in [2.75, 3.05) is 6.54 Å². The first kappa shape index (κ1) is 11.9. The van der Waals surface area contributed by atoms with Gasteiger partial charge in [0, 0.05) is 20.1 Å². The normalized spacial score (nSPS) is 14.2. The van der Waals surface area contributed by atoms with Gasteiger partial charge in [0.2, 0.25) is 0 Å². The standard InChI is InChI=1S/C7H11F3N4O/c1-14-5(3-12-13-14)2-11-4-6(15)7(8,9)10/h3,6,11,15H,2,4H2,1H3. The van der Waals surface area contributed by atoms with Gasteiger partial charge in [-0.3, -0.25) is 4.68 Å². The SMILES string of the molecule is Cn1nncc1CNCC(O)C(F)(F)F. The zero-order valence-electron chi connectivity index (χ0n) is 7.99. The van der Waals surface area contributed by atoms with Crippen LogP contribution in [0.3, 0.4) is 0 Å². The second-order valence-electron chi connectivity index (χ2n) is 3.04. The van der Waals surface area contributed by atoms with Gasteiger partial charge in [0.15, 0.2) is 6.10 Å². The third kappa shape index (κ3) is 3.48. The van der Waals surface area contributed by atoms with E-state index in [1.165, 1.54) is 10.9 Å². The largest absolute Gasteiger partial charge is 0.415 e. The lowest BCUT2D eigenvalue weighted by atomic mass is 10.3. The zero-order chi connectivity index (χ0) is 11.5. The van der Waals surface area contributed by atoms with E-state index < -0.39 is 18.8 Å². The van der Waals surface area contributed by atoms with Crippen LogP contribution in [0.15, 0.2) is 6.20 Å². The Hall–Kier alpha value is -1.15. The molecule has 0 aliphatic carbocycles. The maximum atomic E-state index is 11.9. The van der Waals surface area contributed by atoms with E-state index >= 15 is 0 Å². The van der Waals surface area contributed by atoms with Crippen LogP contribution in [-0.4, -0.2) is 38.9 Å². The average molecular weight is 224 g/mol. The predicted molar refractivity (Wildman–Crippen MR) is 44.8 cm³/mol. The quantitative estimate of drug-likeness (QED) is 0.745. The second kappa shape index (κ2) is 4.58. The van der Waals surface area contributed by atoms with E-state index in [1.807, 2.05) is 0 Å². The average Bonchev–Trinajstić information content (AvgIpc) is 2.50. The number of aliphatic hydroxyl groups is 1. The molecule has 0 bridgehead atoms. The number of nitrogens with one attached hydrogen (secondary N) is 1. The Morgan fingerprint density at radius 3 is 2.73 bits per heavy atom. The summed E-state index contributed by atoms with van der Waals surface area (Å²) in [5, 5.41) is 18.3. The summed E-state index contributed by atoms with van der Waals surface area (Å²) in [6, 6.07) is 0. The second-order valence-corrected chi connectivity index (χ2v) is 3.04. The molecule has 0 fully saturated rings. The summed E-state index contributed by atoms with van der Waals surface area (Å²) in [7, 11) is 1.63. The molecule has 2 N–H and O–H groups in total. The summed E-state index contributed by atoms with van der Waals surface area (Å²) < 4.78 is 37.1. The first-order chi connectivity index (χ1) is 6.91. The number of aromatic nitrogens is 3. The molecule has 5 nitrogen and oxygen atoms in total. The van der Waals surface area contributed by atoms with Crippen molar-refractivity contribution in [1.29, 1.82) is 0 Å². The lowest BCUT2D eigenvalue weighted by Gasteiger charge is -2.14. The Kier molecular flexibility index (Phi) is 3.64. The molecule has 0 saturated heterocycles. The van der Waals surface area contributed by atoms with Crippen molar-refractivity contribution in [2.45, 2.75) is 18.8 Å². The molecule has 0 aromatic carbocycles. The van der Waals surface area contributed by atoms with Crippen molar-refractivity contribution in [3.05, 3.63) is 11.9 Å². The number of hydrogen-bond acceptors (Lipinski definition) is 4. The number of nitrogens with zero attached hydrogens (tertiary/aromatic N) is 3. The minimum atomic E-state index is -4.59. The summed E-state index contributed by atoms with van der Waals surface area (Å²) in [6.07, 6.45) is -5.50. The van der Waals surface area contributed by atoms with Gasteiger partial charge in [0.1, 0.15) is 0 Å². The Morgan fingerprint density at radius 1 is 1.60 bits per heavy atom. The fourth-order valence-corrected chi connectivity index (χ4v) is 0.924. The third-order valence-electron chi connectivity index (χ3n) is 1.83. The minimum Gasteiger partial charge on any atom is -0.382 e. The number of hydrogen-bond donors (Lipinski definition) is 2. The van der Waals surface area contributed by atoms with Crippen LogP contribution in [0.1, 0.15) is 5.69 Å². The van der Waals surface area contributed by atoms with Crippen LogP contribution in [-0.2, 0) is 13.6 Å². The van der Waals surface area contributed by atoms with Gasteiger partial charge in [-0.25, -0.2) is 0 Å². The van der Waals surface area contributed by atoms with Gasteiger partial charge >= 0.3 is 6.18 Å². The molecule has 1 aromatic rings. The molecule has 1 aromatic heterocycles. The van der Waals surface area contributed by atoms with Crippen molar-refractivity contribution < 1.29 is 18.3 Å². The van der Waals surface area contributed by atoms with Gasteiger partial charge in [-0.05, 0) is 0 Å². The van der Waals surface area contributed by atoms with Crippen molar-refractivity contribution >= 4 is 0 Å². The first-order valence-electron chi connectivity index (χ1n) is 4.20. The number of halogens is 3. The summed E-state index contributed by atoms with van der Waals surface area (Å²) in [4.78, 5) is 0. The number of aliphatic hydroxyl groups excluding tert-OH is 1. The molecule has 0 spiro atoms. The molecule has 1 rings (SSSR count). The number of alkyl halides is 3. The van der Waals surface area contributed by atoms with Gasteiger partial charge in [-0.15, -0.1) is 5.10 Å². The minimum absolute atomic E-state index is 0.177. The predicted octanol–water partition coefficient (Wildman–Crippen LogP) is -0.172. The molecule has 0 aliphatic heterocycles. The van der Waals surface area contributed by atoms with Crippen molar-refractivity contribution in [2.24, 2.45) is 7.05 Å². The van der Waals surface area contributed by atoms with Gasteiger partial charge < -0.3 is 10.4 Å². The van der Waals surface area contributed by atoms with Crippen LogP contribution >= 0.6 is 0 Å². The molecule has 0 amide bonds. The molecule has 0 saturated carbocycles. The highest BCUT2D eigenvalue weighted by Crippen LogP contribution is 2.19. The molecule has 1 heterocycles. The Bertz CT molecular complexity index is 311. The van der Waals surface area contributed by atoms with E-state index in [9.17, 15) is 13.2 Å². The lowest BCUT2D eigenvalue weighted by molar-refractivity contribution is -0.201. The topological polar surface area (TPSA) is 63.0 Å². The fourth-order valence-electron chi connectivity index (χ4n) is 0.924. The maximum Gasteiger partial charge on any atom is 0.415 e. The highest BCUT2D eigenvalue weighted by molar-refractivity contribution is 4.92. The first-order valence-corrected chi connectivity index (χ1v) is 4.20. The molecule has 0 radical (unpaired) electrons. The van der Waals surface area contributed by atoms with Crippen molar-refractivity contribution in [1.82, 2.24) is 20.3 Å². The molecule has 1 unspecified atom stereocenters. The van der Waals surface area contributed by atoms with Gasteiger partial charge in [0.25, 0.3) is 0 Å². The smallest absolute Gasteiger partial charge is 0.382 e. The van der Waals surface area contributed by atoms with E-state index in [0.29, 0.717) is 5.69 Å². The van der Waals surface area contributed by atoms with Crippen LogP contribution < -0.4 is 5.32 Å². The van der Waals surface area contributed by atoms with E-state index in [1.54, 1.807) is 7.05 Å². The Labute approximate surface area is 83.9 Å². The van der Waals surface area contributed by atoms with Crippen LogP contribution in [0.5, 0.6) is 0 Å². The lowest BCUT2D eigenvalue weighted by Crippen LogP contribution is -2.38. The van der Waals surface area contributed by atoms with E-state index in [4.69, 9.17) is 5.11 Å². The maximum absolute atomic E-state index is 11.9. The molecule has 1 atom stereocenters. The Balaban J connectivity index is 2.31. The number of rotatable bonds is 4. The zero-order valence-corrected chi connectivity index (χ0v) is 7.99. The highest BCUT2D eigenvalue weighted by atomic mass is 19.4. The van der Waals surface area contributed by atoms with Gasteiger partial charge in [-0.2, -0.15) is 13.2 Å². The molecular weight excluding hydrogens is 213 g/mol. The molecule has 86 valence electrons. The summed E-state index contributed by atoms with van der Waals surface area (Å²) in [6.45, 7) is -0.370. The van der Waals surface area contributed by atoms with Crippen LogP contribution in [0, 0.1) is 0 Å². The molecule has 8 heteroatoms. The summed E-state index contributed by atoms with van der Waals surface area (Å²) in [5.74, 6) is 0. The fraction of sp³-hybridized carbons (Fsp3) is 0.714. The van der Waals surface area contributed by atoms with Crippen molar-refractivity contribution in [3.63, 3.8) is 0 Å². The van der Waals surface area contributed by atoms with E-state index in [-0.39, 0.29) is 6.54 Å². The van der Waals surface area contributed by atoms with Crippen LogP contribution in [0.25, 0.3) is 0 Å². The number of aryl methyl sites for hydroxylation is 1. The van der Waals surface area contributed by atoms with E-state index in [2.05, 4.69) is 15.6 Å². The van der Waals surface area contributed by atoms with Crippen LogP contribution in [0.2, 0.25) is 0 Å². The van der Waals surface area contributed by atoms with E-state index in [0.717, 1.165) is 0 Å². The van der Waals surface area contributed by atoms with Crippen molar-refractivity contribution in [3.8, 4) is 0 Å². The summed E-state index contributed by atoms with van der Waals surface area (Å²) >= 11 is 0. The van der Waals surface area contributed by atoms with Crippen LogP contribution in [0.4, 0.5) is 13.2 Å². The van der Waals surface area contributed by atoms with Gasteiger partial charge in [-0.1, -0.05) is 5.21 Å². The molecular formula is C7H11F3N4O. The van der Waals surface area contributed by atoms with Gasteiger partial charge in [0.05, 0.1) is 11.9 Å². The highest BCUT2D eigenvalue weighted by Gasteiger charge is 2.37. The third-order valence-corrected chi connectivity index (χ3v) is 1.83. The Morgan fingerprint density at radius 2 is 2.27 bits per heavy atom. The molecule has 15 heavy (non-hydrogen) atoms. The molecule has 0 aliphatic rings. The summed E-state index contributed by atoms with van der Waals surface area (Å²) in [5.41, 5.74) is 0.643.